The van der Waals surface area contributed by atoms with Gasteiger partial charge >= 0.3 is 0 Å². The minimum atomic E-state index is 0.116. The van der Waals surface area contributed by atoms with Crippen molar-refractivity contribution in [2.45, 2.75) is 13.8 Å². The standard InChI is InChI=1S/C18H20N6OS/c1-13-12-14(2)24(21-13)17-6-5-16(19-20-17)22-7-9-23(10-8-22)18(25)15-4-3-11-26-15/h3-6,11-12H,7-10H2,1-2H3. The third-order valence-corrected chi connectivity index (χ3v) is 5.34. The number of carbonyl (C=O) groups is 1. The van der Waals surface area contributed by atoms with Crippen LogP contribution < -0.4 is 4.90 Å². The van der Waals surface area contributed by atoms with Gasteiger partial charge in [0.1, 0.15) is 0 Å². The Hall–Kier alpha value is -2.74. The average Bonchev–Trinajstić information content (AvgIpc) is 3.31. The van der Waals surface area contributed by atoms with Gasteiger partial charge < -0.3 is 9.80 Å². The highest BCUT2D eigenvalue weighted by Crippen LogP contribution is 2.18. The van der Waals surface area contributed by atoms with E-state index < -0.39 is 0 Å². The predicted octanol–water partition coefficient (Wildman–Crippen LogP) is 2.30. The van der Waals surface area contributed by atoms with E-state index in [9.17, 15) is 4.79 Å². The second-order valence-corrected chi connectivity index (χ2v) is 7.29. The molecular formula is C18H20N6OS. The van der Waals surface area contributed by atoms with Crippen LogP contribution in [0.15, 0.2) is 35.7 Å². The lowest BCUT2D eigenvalue weighted by Gasteiger charge is -2.35. The second kappa shape index (κ2) is 6.87. The van der Waals surface area contributed by atoms with Crippen molar-refractivity contribution in [3.05, 3.63) is 52.0 Å². The van der Waals surface area contributed by atoms with Gasteiger partial charge in [-0.15, -0.1) is 21.5 Å². The first kappa shape index (κ1) is 16.7. The highest BCUT2D eigenvalue weighted by atomic mass is 32.1. The SMILES string of the molecule is Cc1cc(C)n(-c2ccc(N3CCN(C(=O)c4cccs4)CC3)nn2)n1. The fourth-order valence-corrected chi connectivity index (χ4v) is 3.85. The van der Waals surface area contributed by atoms with Gasteiger partial charge in [-0.2, -0.15) is 5.10 Å². The number of aryl methyl sites for hydroxylation is 2. The molecule has 0 spiro atoms. The molecule has 0 atom stereocenters. The largest absolute Gasteiger partial charge is 0.352 e. The molecule has 4 heterocycles. The molecule has 1 fully saturated rings. The highest BCUT2D eigenvalue weighted by molar-refractivity contribution is 7.12. The van der Waals surface area contributed by atoms with E-state index in [0.29, 0.717) is 18.9 Å². The first-order valence-corrected chi connectivity index (χ1v) is 9.45. The van der Waals surface area contributed by atoms with Gasteiger partial charge in [0.15, 0.2) is 11.6 Å². The topological polar surface area (TPSA) is 67.2 Å². The van der Waals surface area contributed by atoms with Crippen LogP contribution in [0.4, 0.5) is 5.82 Å². The molecule has 8 heteroatoms. The Morgan fingerprint density at radius 2 is 1.77 bits per heavy atom. The molecule has 26 heavy (non-hydrogen) atoms. The summed E-state index contributed by atoms with van der Waals surface area (Å²) in [5.41, 5.74) is 1.99. The van der Waals surface area contributed by atoms with Gasteiger partial charge in [-0.3, -0.25) is 4.79 Å². The van der Waals surface area contributed by atoms with Gasteiger partial charge in [0, 0.05) is 31.9 Å². The Kier molecular flexibility index (Phi) is 4.42. The van der Waals surface area contributed by atoms with E-state index in [1.165, 1.54) is 11.3 Å². The van der Waals surface area contributed by atoms with Crippen molar-refractivity contribution in [3.63, 3.8) is 0 Å². The molecular weight excluding hydrogens is 348 g/mol. The van der Waals surface area contributed by atoms with Gasteiger partial charge in [0.2, 0.25) is 0 Å². The summed E-state index contributed by atoms with van der Waals surface area (Å²) >= 11 is 1.49. The van der Waals surface area contributed by atoms with Crippen molar-refractivity contribution >= 4 is 23.1 Å². The minimum Gasteiger partial charge on any atom is -0.352 e. The maximum absolute atomic E-state index is 12.4. The lowest BCUT2D eigenvalue weighted by atomic mass is 10.3. The minimum absolute atomic E-state index is 0.116. The summed E-state index contributed by atoms with van der Waals surface area (Å²) < 4.78 is 1.80. The van der Waals surface area contributed by atoms with Gasteiger partial charge in [-0.1, -0.05) is 6.07 Å². The van der Waals surface area contributed by atoms with Crippen LogP contribution in [0.2, 0.25) is 0 Å². The molecule has 0 N–H and O–H groups in total. The highest BCUT2D eigenvalue weighted by Gasteiger charge is 2.23. The zero-order valence-electron chi connectivity index (χ0n) is 14.8. The van der Waals surface area contributed by atoms with Gasteiger partial charge in [-0.25, -0.2) is 4.68 Å². The first-order valence-electron chi connectivity index (χ1n) is 8.57. The lowest BCUT2D eigenvalue weighted by Crippen LogP contribution is -2.49. The van der Waals surface area contributed by atoms with Crippen molar-refractivity contribution in [2.75, 3.05) is 31.1 Å². The summed E-state index contributed by atoms with van der Waals surface area (Å²) in [4.78, 5) is 17.3. The fraction of sp³-hybridized carbons (Fsp3) is 0.333. The molecule has 0 aromatic carbocycles. The number of amides is 1. The molecule has 0 saturated carbocycles. The summed E-state index contributed by atoms with van der Waals surface area (Å²) in [5.74, 6) is 1.66. The number of anilines is 1. The number of nitrogens with zero attached hydrogens (tertiary/aromatic N) is 6. The summed E-state index contributed by atoms with van der Waals surface area (Å²) in [6.45, 7) is 6.85. The van der Waals surface area contributed by atoms with Gasteiger partial charge in [0.05, 0.1) is 10.6 Å². The Balaban J connectivity index is 1.42. The number of carbonyl (C=O) groups excluding carboxylic acids is 1. The molecule has 3 aromatic rings. The molecule has 1 aliphatic heterocycles. The van der Waals surface area contributed by atoms with E-state index in [1.54, 1.807) is 4.68 Å². The fourth-order valence-electron chi connectivity index (χ4n) is 3.16. The molecule has 7 nitrogen and oxygen atoms in total. The van der Waals surface area contributed by atoms with Crippen LogP contribution in [-0.2, 0) is 0 Å². The van der Waals surface area contributed by atoms with Crippen molar-refractivity contribution in [1.82, 2.24) is 24.9 Å². The van der Waals surface area contributed by atoms with E-state index >= 15 is 0 Å². The third-order valence-electron chi connectivity index (χ3n) is 4.49. The van der Waals surface area contributed by atoms with Crippen LogP contribution in [0.1, 0.15) is 21.1 Å². The zero-order chi connectivity index (χ0) is 18.1. The van der Waals surface area contributed by atoms with E-state index in [0.717, 1.165) is 35.2 Å². The Bertz CT molecular complexity index is 894. The van der Waals surface area contributed by atoms with E-state index in [2.05, 4.69) is 20.2 Å². The maximum atomic E-state index is 12.4. The quantitative estimate of drug-likeness (QED) is 0.710. The molecule has 0 unspecified atom stereocenters. The molecule has 4 rings (SSSR count). The summed E-state index contributed by atoms with van der Waals surface area (Å²) in [5, 5.41) is 15.1. The van der Waals surface area contributed by atoms with E-state index in [4.69, 9.17) is 0 Å². The molecule has 1 amide bonds. The van der Waals surface area contributed by atoms with Gasteiger partial charge in [0.25, 0.3) is 5.91 Å². The Labute approximate surface area is 155 Å². The zero-order valence-corrected chi connectivity index (χ0v) is 15.6. The Morgan fingerprint density at radius 3 is 2.35 bits per heavy atom. The van der Waals surface area contributed by atoms with Crippen molar-refractivity contribution in [1.29, 1.82) is 0 Å². The number of thiophene rings is 1. The monoisotopic (exact) mass is 368 g/mol. The summed E-state index contributed by atoms with van der Waals surface area (Å²) in [7, 11) is 0. The smallest absolute Gasteiger partial charge is 0.264 e. The summed E-state index contributed by atoms with van der Waals surface area (Å²) in [6.07, 6.45) is 0. The number of hydrogen-bond acceptors (Lipinski definition) is 6. The normalized spacial score (nSPS) is 14.7. The molecule has 1 aliphatic rings. The maximum Gasteiger partial charge on any atom is 0.264 e. The molecule has 0 radical (unpaired) electrons. The van der Waals surface area contributed by atoms with Crippen molar-refractivity contribution in [2.24, 2.45) is 0 Å². The van der Waals surface area contributed by atoms with Crippen molar-refractivity contribution < 1.29 is 4.79 Å². The Morgan fingerprint density at radius 1 is 1.04 bits per heavy atom. The number of aromatic nitrogens is 4. The molecule has 3 aromatic heterocycles. The number of rotatable bonds is 3. The first-order chi connectivity index (χ1) is 12.6. The number of piperazine rings is 1. The summed E-state index contributed by atoms with van der Waals surface area (Å²) in [6, 6.07) is 9.70. The van der Waals surface area contributed by atoms with Crippen LogP contribution in [0.3, 0.4) is 0 Å². The van der Waals surface area contributed by atoms with Crippen LogP contribution in [0, 0.1) is 13.8 Å². The van der Waals surface area contributed by atoms with Crippen LogP contribution >= 0.6 is 11.3 Å². The lowest BCUT2D eigenvalue weighted by molar-refractivity contribution is 0.0751. The molecule has 0 bridgehead atoms. The van der Waals surface area contributed by atoms with E-state index in [-0.39, 0.29) is 5.91 Å². The number of hydrogen-bond donors (Lipinski definition) is 0. The molecule has 1 saturated heterocycles. The third kappa shape index (κ3) is 3.20. The van der Waals surface area contributed by atoms with Crippen LogP contribution in [0.5, 0.6) is 0 Å². The predicted molar refractivity (Wildman–Crippen MR) is 101 cm³/mol. The van der Waals surface area contributed by atoms with Gasteiger partial charge in [-0.05, 0) is 43.5 Å². The van der Waals surface area contributed by atoms with E-state index in [1.807, 2.05) is 54.5 Å². The van der Waals surface area contributed by atoms with Crippen LogP contribution in [-0.4, -0.2) is 57.0 Å². The van der Waals surface area contributed by atoms with Crippen LogP contribution in [0.25, 0.3) is 5.82 Å². The molecule has 0 aliphatic carbocycles. The molecule has 134 valence electrons. The second-order valence-electron chi connectivity index (χ2n) is 6.35. The van der Waals surface area contributed by atoms with Crippen molar-refractivity contribution in [3.8, 4) is 5.82 Å². The average molecular weight is 368 g/mol.